The van der Waals surface area contributed by atoms with Gasteiger partial charge in [-0.1, -0.05) is 0 Å². The van der Waals surface area contributed by atoms with E-state index in [1.807, 2.05) is 0 Å². The van der Waals surface area contributed by atoms with Gasteiger partial charge in [-0.25, -0.2) is 0 Å². The van der Waals surface area contributed by atoms with Crippen LogP contribution in [0.25, 0.3) is 0 Å². The van der Waals surface area contributed by atoms with Gasteiger partial charge in [-0.2, -0.15) is 0 Å². The fourth-order valence-electron chi connectivity index (χ4n) is 2.54. The van der Waals surface area contributed by atoms with Crippen molar-refractivity contribution in [2.24, 2.45) is 11.3 Å². The summed E-state index contributed by atoms with van der Waals surface area (Å²) in [6.07, 6.45) is 5.30. The number of hydrogen-bond acceptors (Lipinski definition) is 3. The molecule has 2 aliphatic rings. The lowest BCUT2D eigenvalue weighted by atomic mass is 9.71. The first kappa shape index (κ1) is 10.1. The molecule has 0 aromatic carbocycles. The highest BCUT2D eigenvalue weighted by Gasteiger charge is 2.41. The van der Waals surface area contributed by atoms with E-state index in [-0.39, 0.29) is 5.41 Å². The normalized spacial score (nSPS) is 39.3. The quantitative estimate of drug-likeness (QED) is 0.629. The highest BCUT2D eigenvalue weighted by Crippen LogP contribution is 2.38. The lowest BCUT2D eigenvalue weighted by molar-refractivity contribution is -0.135. The molecular weight excluding hydrogens is 180 g/mol. The second kappa shape index (κ2) is 4.41. The smallest absolute Gasteiger partial charge is 0.128 e. The van der Waals surface area contributed by atoms with Crippen LogP contribution in [0.3, 0.4) is 0 Å². The molecule has 2 fully saturated rings. The maximum Gasteiger partial charge on any atom is 0.128 e. The number of aldehydes is 1. The van der Waals surface area contributed by atoms with E-state index in [1.165, 1.54) is 0 Å². The predicted molar refractivity (Wildman–Crippen MR) is 52.1 cm³/mol. The molecule has 0 bridgehead atoms. The van der Waals surface area contributed by atoms with Crippen molar-refractivity contribution < 1.29 is 14.3 Å². The molecule has 2 unspecified atom stereocenters. The minimum Gasteiger partial charge on any atom is -0.381 e. The summed E-state index contributed by atoms with van der Waals surface area (Å²) in [5.74, 6) is 0.383. The number of hydrogen-bond donors (Lipinski definition) is 0. The molecule has 2 saturated heterocycles. The Bertz CT molecular complexity index is 191. The van der Waals surface area contributed by atoms with E-state index in [0.29, 0.717) is 12.5 Å². The van der Waals surface area contributed by atoms with E-state index in [9.17, 15) is 4.79 Å². The SMILES string of the molecule is O=CC1(C2CCCOC2)CCCOC1. The summed E-state index contributed by atoms with van der Waals surface area (Å²) >= 11 is 0. The average Bonchev–Trinajstić information content (AvgIpc) is 2.31. The Morgan fingerprint density at radius 2 is 2.07 bits per heavy atom. The molecule has 3 heteroatoms. The fourth-order valence-corrected chi connectivity index (χ4v) is 2.54. The summed E-state index contributed by atoms with van der Waals surface area (Å²) in [4.78, 5) is 11.2. The van der Waals surface area contributed by atoms with Crippen molar-refractivity contribution in [1.29, 1.82) is 0 Å². The number of carbonyl (C=O) groups is 1. The van der Waals surface area contributed by atoms with E-state index >= 15 is 0 Å². The first-order chi connectivity index (χ1) is 6.87. The van der Waals surface area contributed by atoms with Crippen molar-refractivity contribution in [3.63, 3.8) is 0 Å². The summed E-state index contributed by atoms with van der Waals surface area (Å²) in [5.41, 5.74) is -0.237. The molecule has 3 nitrogen and oxygen atoms in total. The number of rotatable bonds is 2. The van der Waals surface area contributed by atoms with E-state index in [4.69, 9.17) is 9.47 Å². The zero-order valence-electron chi connectivity index (χ0n) is 8.54. The molecular formula is C11H18O3. The van der Waals surface area contributed by atoms with Crippen LogP contribution < -0.4 is 0 Å². The summed E-state index contributed by atoms with van der Waals surface area (Å²) in [6, 6.07) is 0. The zero-order chi connectivity index (χ0) is 9.86. The molecule has 0 aromatic heterocycles. The molecule has 0 N–H and O–H groups in total. The van der Waals surface area contributed by atoms with Crippen LogP contribution in [0.15, 0.2) is 0 Å². The van der Waals surface area contributed by atoms with Gasteiger partial charge in [0.05, 0.1) is 18.6 Å². The van der Waals surface area contributed by atoms with Gasteiger partial charge >= 0.3 is 0 Å². The summed E-state index contributed by atoms with van der Waals surface area (Å²) < 4.78 is 10.9. The van der Waals surface area contributed by atoms with Crippen LogP contribution in [0.2, 0.25) is 0 Å². The van der Waals surface area contributed by atoms with E-state index < -0.39 is 0 Å². The zero-order valence-corrected chi connectivity index (χ0v) is 8.54. The third-order valence-electron chi connectivity index (χ3n) is 3.51. The molecule has 0 radical (unpaired) electrons. The van der Waals surface area contributed by atoms with Crippen molar-refractivity contribution in [1.82, 2.24) is 0 Å². The Kier molecular flexibility index (Phi) is 3.19. The standard InChI is InChI=1S/C11H18O3/c12-8-11(4-2-6-14-9-11)10-3-1-5-13-7-10/h8,10H,1-7,9H2. The summed E-state index contributed by atoms with van der Waals surface area (Å²) in [5, 5.41) is 0. The fraction of sp³-hybridized carbons (Fsp3) is 0.909. The molecule has 80 valence electrons. The third kappa shape index (κ3) is 1.84. The monoisotopic (exact) mass is 198 g/mol. The molecule has 2 rings (SSSR count). The van der Waals surface area contributed by atoms with Gasteiger partial charge in [0.1, 0.15) is 6.29 Å². The van der Waals surface area contributed by atoms with Crippen molar-refractivity contribution in [3.05, 3.63) is 0 Å². The van der Waals surface area contributed by atoms with Gasteiger partial charge in [0, 0.05) is 13.2 Å². The highest BCUT2D eigenvalue weighted by molar-refractivity contribution is 5.60. The highest BCUT2D eigenvalue weighted by atomic mass is 16.5. The van der Waals surface area contributed by atoms with Crippen molar-refractivity contribution in [3.8, 4) is 0 Å². The average molecular weight is 198 g/mol. The Morgan fingerprint density at radius 1 is 1.21 bits per heavy atom. The Labute approximate surface area is 84.8 Å². The Hall–Kier alpha value is -0.410. The summed E-state index contributed by atoms with van der Waals surface area (Å²) in [6.45, 7) is 3.00. The summed E-state index contributed by atoms with van der Waals surface area (Å²) in [7, 11) is 0. The third-order valence-corrected chi connectivity index (χ3v) is 3.51. The molecule has 0 aromatic rings. The van der Waals surface area contributed by atoms with Crippen LogP contribution in [0.5, 0.6) is 0 Å². The molecule has 14 heavy (non-hydrogen) atoms. The van der Waals surface area contributed by atoms with E-state index in [2.05, 4.69) is 0 Å². The van der Waals surface area contributed by atoms with Gasteiger partial charge in [-0.3, -0.25) is 0 Å². The molecule has 0 aliphatic carbocycles. The minimum absolute atomic E-state index is 0.237. The van der Waals surface area contributed by atoms with Crippen molar-refractivity contribution in [2.75, 3.05) is 26.4 Å². The number of carbonyl (C=O) groups excluding carboxylic acids is 1. The van der Waals surface area contributed by atoms with Gasteiger partial charge in [0.2, 0.25) is 0 Å². The second-order valence-electron chi connectivity index (χ2n) is 4.42. The lowest BCUT2D eigenvalue weighted by Gasteiger charge is -2.40. The topological polar surface area (TPSA) is 35.5 Å². The van der Waals surface area contributed by atoms with Gasteiger partial charge < -0.3 is 14.3 Å². The molecule has 0 spiro atoms. The van der Waals surface area contributed by atoms with Gasteiger partial charge in [-0.05, 0) is 31.6 Å². The first-order valence-electron chi connectivity index (χ1n) is 5.49. The van der Waals surface area contributed by atoms with Gasteiger partial charge in [-0.15, -0.1) is 0 Å². The first-order valence-corrected chi connectivity index (χ1v) is 5.49. The van der Waals surface area contributed by atoms with Crippen LogP contribution in [0, 0.1) is 11.3 Å². The van der Waals surface area contributed by atoms with E-state index in [1.54, 1.807) is 0 Å². The van der Waals surface area contributed by atoms with E-state index in [0.717, 1.165) is 51.8 Å². The Balaban J connectivity index is 2.04. The maximum atomic E-state index is 11.2. The number of ether oxygens (including phenoxy) is 2. The van der Waals surface area contributed by atoms with Crippen LogP contribution in [0.4, 0.5) is 0 Å². The predicted octanol–water partition coefficient (Wildman–Crippen LogP) is 1.41. The van der Waals surface area contributed by atoms with Crippen LogP contribution in [0.1, 0.15) is 25.7 Å². The molecule has 0 saturated carbocycles. The van der Waals surface area contributed by atoms with Gasteiger partial charge in [0.25, 0.3) is 0 Å². The molecule has 0 amide bonds. The lowest BCUT2D eigenvalue weighted by Crippen LogP contribution is -2.43. The maximum absolute atomic E-state index is 11.2. The van der Waals surface area contributed by atoms with Gasteiger partial charge in [0.15, 0.2) is 0 Å². The van der Waals surface area contributed by atoms with Crippen LogP contribution >= 0.6 is 0 Å². The largest absolute Gasteiger partial charge is 0.381 e. The van der Waals surface area contributed by atoms with Crippen molar-refractivity contribution >= 4 is 6.29 Å². The Morgan fingerprint density at radius 3 is 2.64 bits per heavy atom. The minimum atomic E-state index is -0.237. The second-order valence-corrected chi connectivity index (χ2v) is 4.42. The molecule has 2 atom stereocenters. The molecule has 2 aliphatic heterocycles. The van der Waals surface area contributed by atoms with Crippen LogP contribution in [-0.4, -0.2) is 32.7 Å². The van der Waals surface area contributed by atoms with Crippen LogP contribution in [-0.2, 0) is 14.3 Å². The van der Waals surface area contributed by atoms with Crippen molar-refractivity contribution in [2.45, 2.75) is 25.7 Å². The molecule has 2 heterocycles.